The molecule has 0 saturated carbocycles. The zero-order chi connectivity index (χ0) is 16.1. The molecule has 0 aliphatic rings. The van der Waals surface area contributed by atoms with Crippen molar-refractivity contribution in [3.8, 4) is 5.75 Å². The van der Waals surface area contributed by atoms with Crippen LogP contribution in [0.4, 0.5) is 5.69 Å². The van der Waals surface area contributed by atoms with Gasteiger partial charge in [-0.2, -0.15) is 0 Å². The molecule has 0 saturated heterocycles. The van der Waals surface area contributed by atoms with Gasteiger partial charge in [0, 0.05) is 28.9 Å². The molecule has 0 fully saturated rings. The predicted octanol–water partition coefficient (Wildman–Crippen LogP) is 2.86. The van der Waals surface area contributed by atoms with Gasteiger partial charge in [0.05, 0.1) is 12.1 Å². The number of hydrogen-bond donors (Lipinski definition) is 2. The fraction of sp³-hybridized carbons (Fsp3) is 0.111. The lowest BCUT2D eigenvalue weighted by Gasteiger charge is -2.09. The van der Waals surface area contributed by atoms with Crippen molar-refractivity contribution in [3.63, 3.8) is 0 Å². The number of hydrogen-bond acceptors (Lipinski definition) is 4. The summed E-state index contributed by atoms with van der Waals surface area (Å²) in [4.78, 5) is 16.6. The van der Waals surface area contributed by atoms with Crippen molar-refractivity contribution in [2.45, 2.75) is 0 Å². The lowest BCUT2D eigenvalue weighted by Crippen LogP contribution is -2.12. The maximum absolute atomic E-state index is 12.4. The summed E-state index contributed by atoms with van der Waals surface area (Å²) in [5.74, 6) is 0.398. The Bertz CT molecular complexity index is 833. The summed E-state index contributed by atoms with van der Waals surface area (Å²) in [6, 6.07) is 16.2. The first-order chi connectivity index (χ1) is 11.3. The number of pyridine rings is 1. The predicted molar refractivity (Wildman–Crippen MR) is 88.7 cm³/mol. The molecule has 0 radical (unpaired) electrons. The van der Waals surface area contributed by atoms with Crippen LogP contribution in [-0.2, 0) is 0 Å². The van der Waals surface area contributed by atoms with Crippen LogP contribution in [0.5, 0.6) is 5.75 Å². The average molecular weight is 308 g/mol. The molecule has 3 rings (SSSR count). The van der Waals surface area contributed by atoms with Crippen molar-refractivity contribution < 1.29 is 14.6 Å². The topological polar surface area (TPSA) is 71.5 Å². The lowest BCUT2D eigenvalue weighted by atomic mass is 10.1. The van der Waals surface area contributed by atoms with E-state index < -0.39 is 0 Å². The first-order valence-electron chi connectivity index (χ1n) is 7.26. The summed E-state index contributed by atoms with van der Waals surface area (Å²) in [5.41, 5.74) is 2.05. The molecule has 0 spiro atoms. The summed E-state index contributed by atoms with van der Waals surface area (Å²) in [6.07, 6.45) is 1.72. The Morgan fingerprint density at radius 2 is 2.04 bits per heavy atom. The number of anilines is 1. The zero-order valence-electron chi connectivity index (χ0n) is 12.4. The smallest absolute Gasteiger partial charge is 0.255 e. The molecule has 2 N–H and O–H groups in total. The van der Waals surface area contributed by atoms with Crippen LogP contribution in [0.15, 0.2) is 60.8 Å². The minimum Gasteiger partial charge on any atom is -0.491 e. The number of nitrogens with one attached hydrogen (secondary N) is 1. The van der Waals surface area contributed by atoms with Gasteiger partial charge in [-0.25, -0.2) is 0 Å². The van der Waals surface area contributed by atoms with E-state index in [0.29, 0.717) is 17.0 Å². The van der Waals surface area contributed by atoms with Crippen molar-refractivity contribution in [2.24, 2.45) is 0 Å². The molecule has 1 aromatic heterocycles. The van der Waals surface area contributed by atoms with Crippen molar-refractivity contribution in [1.29, 1.82) is 0 Å². The molecule has 1 heterocycles. The molecule has 116 valence electrons. The molecule has 0 aliphatic carbocycles. The second-order valence-corrected chi connectivity index (χ2v) is 4.96. The van der Waals surface area contributed by atoms with Gasteiger partial charge in [0.1, 0.15) is 12.4 Å². The minimum atomic E-state index is -0.199. The molecular weight excluding hydrogens is 292 g/mol. The summed E-state index contributed by atoms with van der Waals surface area (Å²) in [5, 5.41) is 12.5. The lowest BCUT2D eigenvalue weighted by molar-refractivity contribution is 0.102. The molecule has 0 atom stereocenters. The molecule has 5 heteroatoms. The monoisotopic (exact) mass is 308 g/mol. The Hall–Kier alpha value is -2.92. The highest BCUT2D eigenvalue weighted by Gasteiger charge is 2.08. The van der Waals surface area contributed by atoms with E-state index in [2.05, 4.69) is 10.3 Å². The summed E-state index contributed by atoms with van der Waals surface area (Å²) < 4.78 is 5.33. The SMILES string of the molecule is O=C(Nc1cccc(OCCO)c1)c1ccc2ncccc2c1. The first-order valence-corrected chi connectivity index (χ1v) is 7.26. The molecular formula is C18H16N2O3. The summed E-state index contributed by atoms with van der Waals surface area (Å²) >= 11 is 0. The van der Waals surface area contributed by atoms with E-state index in [1.165, 1.54) is 0 Å². The number of fused-ring (bicyclic) bond motifs is 1. The summed E-state index contributed by atoms with van der Waals surface area (Å²) in [6.45, 7) is 0.163. The van der Waals surface area contributed by atoms with Crippen LogP contribution in [-0.4, -0.2) is 29.2 Å². The van der Waals surface area contributed by atoms with Gasteiger partial charge in [-0.05, 0) is 36.4 Å². The number of aromatic nitrogens is 1. The molecule has 2 aromatic carbocycles. The number of aliphatic hydroxyl groups excluding tert-OH is 1. The third kappa shape index (κ3) is 3.64. The van der Waals surface area contributed by atoms with Crippen LogP contribution in [0.25, 0.3) is 10.9 Å². The van der Waals surface area contributed by atoms with Gasteiger partial charge in [-0.3, -0.25) is 9.78 Å². The van der Waals surface area contributed by atoms with Crippen LogP contribution in [0.2, 0.25) is 0 Å². The second kappa shape index (κ2) is 6.89. The van der Waals surface area contributed by atoms with Crippen molar-refractivity contribution in [1.82, 2.24) is 4.98 Å². The second-order valence-electron chi connectivity index (χ2n) is 4.96. The Morgan fingerprint density at radius 3 is 2.91 bits per heavy atom. The fourth-order valence-corrected chi connectivity index (χ4v) is 2.25. The van der Waals surface area contributed by atoms with Crippen molar-refractivity contribution in [3.05, 3.63) is 66.4 Å². The van der Waals surface area contributed by atoms with E-state index in [9.17, 15) is 4.79 Å². The molecule has 0 unspecified atom stereocenters. The standard InChI is InChI=1S/C18H16N2O3/c21-9-10-23-16-5-1-4-15(12-16)20-18(22)14-6-7-17-13(11-14)3-2-8-19-17/h1-8,11-12,21H,9-10H2,(H,20,22). The Morgan fingerprint density at radius 1 is 1.13 bits per heavy atom. The van der Waals surface area contributed by atoms with Crippen LogP contribution in [0.1, 0.15) is 10.4 Å². The van der Waals surface area contributed by atoms with Crippen LogP contribution in [0.3, 0.4) is 0 Å². The summed E-state index contributed by atoms with van der Waals surface area (Å²) in [7, 11) is 0. The molecule has 3 aromatic rings. The number of nitrogens with zero attached hydrogens (tertiary/aromatic N) is 1. The number of benzene rings is 2. The normalized spacial score (nSPS) is 10.5. The number of ether oxygens (including phenoxy) is 1. The van der Waals surface area contributed by atoms with Crippen LogP contribution >= 0.6 is 0 Å². The maximum Gasteiger partial charge on any atom is 0.255 e. The van der Waals surface area contributed by atoms with E-state index in [4.69, 9.17) is 9.84 Å². The molecule has 5 nitrogen and oxygen atoms in total. The number of aliphatic hydroxyl groups is 1. The van der Waals surface area contributed by atoms with Gasteiger partial charge in [0.2, 0.25) is 0 Å². The number of carbonyl (C=O) groups excluding carboxylic acids is 1. The van der Waals surface area contributed by atoms with E-state index in [0.717, 1.165) is 10.9 Å². The average Bonchev–Trinajstić information content (AvgIpc) is 2.60. The van der Waals surface area contributed by atoms with Gasteiger partial charge < -0.3 is 15.2 Å². The Labute approximate surface area is 133 Å². The third-order valence-electron chi connectivity index (χ3n) is 3.32. The number of amides is 1. The van der Waals surface area contributed by atoms with Crippen LogP contribution in [0, 0.1) is 0 Å². The fourth-order valence-electron chi connectivity index (χ4n) is 2.25. The molecule has 0 bridgehead atoms. The van der Waals surface area contributed by atoms with Gasteiger partial charge in [-0.15, -0.1) is 0 Å². The molecule has 0 aliphatic heterocycles. The van der Waals surface area contributed by atoms with E-state index in [1.807, 2.05) is 24.3 Å². The minimum absolute atomic E-state index is 0.0539. The van der Waals surface area contributed by atoms with E-state index in [1.54, 1.807) is 36.5 Å². The van der Waals surface area contributed by atoms with Crippen molar-refractivity contribution >= 4 is 22.5 Å². The van der Waals surface area contributed by atoms with E-state index >= 15 is 0 Å². The first kappa shape index (κ1) is 15.0. The molecule has 1 amide bonds. The highest BCUT2D eigenvalue weighted by molar-refractivity contribution is 6.06. The number of carbonyl (C=O) groups is 1. The van der Waals surface area contributed by atoms with Gasteiger partial charge >= 0.3 is 0 Å². The van der Waals surface area contributed by atoms with Crippen molar-refractivity contribution in [2.75, 3.05) is 18.5 Å². The van der Waals surface area contributed by atoms with Gasteiger partial charge in [-0.1, -0.05) is 12.1 Å². The van der Waals surface area contributed by atoms with E-state index in [-0.39, 0.29) is 19.1 Å². The molecule has 23 heavy (non-hydrogen) atoms. The van der Waals surface area contributed by atoms with Gasteiger partial charge in [0.25, 0.3) is 5.91 Å². The maximum atomic E-state index is 12.4. The van der Waals surface area contributed by atoms with Gasteiger partial charge in [0.15, 0.2) is 0 Å². The third-order valence-corrected chi connectivity index (χ3v) is 3.32. The highest BCUT2D eigenvalue weighted by atomic mass is 16.5. The quantitative estimate of drug-likeness (QED) is 0.760. The zero-order valence-corrected chi connectivity index (χ0v) is 12.4. The number of rotatable bonds is 5. The highest BCUT2D eigenvalue weighted by Crippen LogP contribution is 2.19. The Balaban J connectivity index is 1.77. The Kier molecular flexibility index (Phi) is 4.49. The largest absolute Gasteiger partial charge is 0.491 e. The van der Waals surface area contributed by atoms with Crippen LogP contribution < -0.4 is 10.1 Å².